The van der Waals surface area contributed by atoms with Crippen LogP contribution in [0.2, 0.25) is 10.0 Å². The third-order valence-corrected chi connectivity index (χ3v) is 3.38. The summed E-state index contributed by atoms with van der Waals surface area (Å²) in [6, 6.07) is 5.38. The molecule has 0 fully saturated rings. The molecular weight excluding hydrogens is 281 g/mol. The van der Waals surface area contributed by atoms with Crippen LogP contribution < -0.4 is 5.32 Å². The normalized spacial score (nSPS) is 10.7. The van der Waals surface area contributed by atoms with Gasteiger partial charge in [-0.3, -0.25) is 0 Å². The summed E-state index contributed by atoms with van der Waals surface area (Å²) in [5, 5.41) is 4.35. The average molecular weight is 296 g/mol. The standard InChI is InChI=1S/C14H15Cl2N3/c1-2-5-17-7-10-8-18-14(19-9-10)11-3-4-12(15)13(16)6-11/h3-4,6,8-9,17H,2,5,7H2,1H3. The van der Waals surface area contributed by atoms with Gasteiger partial charge in [0.1, 0.15) is 0 Å². The van der Waals surface area contributed by atoms with E-state index in [4.69, 9.17) is 23.2 Å². The number of aromatic nitrogens is 2. The summed E-state index contributed by atoms with van der Waals surface area (Å²) in [6.45, 7) is 3.92. The lowest BCUT2D eigenvalue weighted by atomic mass is 10.2. The number of halogens is 2. The van der Waals surface area contributed by atoms with E-state index in [1.807, 2.05) is 18.5 Å². The molecule has 1 aromatic heterocycles. The van der Waals surface area contributed by atoms with Crippen LogP contribution in [-0.2, 0) is 6.54 Å². The zero-order valence-corrected chi connectivity index (χ0v) is 12.2. The van der Waals surface area contributed by atoms with Crippen LogP contribution in [0.25, 0.3) is 11.4 Å². The lowest BCUT2D eigenvalue weighted by molar-refractivity contribution is 0.672. The quantitative estimate of drug-likeness (QED) is 0.849. The van der Waals surface area contributed by atoms with Crippen LogP contribution in [0.3, 0.4) is 0 Å². The molecule has 5 heteroatoms. The smallest absolute Gasteiger partial charge is 0.159 e. The molecule has 1 N–H and O–H groups in total. The van der Waals surface area contributed by atoms with E-state index in [0.29, 0.717) is 15.9 Å². The highest BCUT2D eigenvalue weighted by atomic mass is 35.5. The second-order valence-corrected chi connectivity index (χ2v) is 5.03. The Morgan fingerprint density at radius 2 is 1.84 bits per heavy atom. The van der Waals surface area contributed by atoms with Crippen LogP contribution in [-0.4, -0.2) is 16.5 Å². The third-order valence-electron chi connectivity index (χ3n) is 2.64. The molecule has 0 aliphatic heterocycles. The van der Waals surface area contributed by atoms with Gasteiger partial charge in [0.15, 0.2) is 5.82 Å². The average Bonchev–Trinajstić information content (AvgIpc) is 2.43. The van der Waals surface area contributed by atoms with Crippen LogP contribution in [0.1, 0.15) is 18.9 Å². The minimum atomic E-state index is 0.511. The number of nitrogens with zero attached hydrogens (tertiary/aromatic N) is 2. The Kier molecular flexibility index (Phi) is 5.14. The summed E-state index contributed by atoms with van der Waals surface area (Å²) in [4.78, 5) is 8.69. The molecule has 0 amide bonds. The van der Waals surface area contributed by atoms with Crippen LogP contribution in [0.4, 0.5) is 0 Å². The Hall–Kier alpha value is -1.16. The largest absolute Gasteiger partial charge is 0.313 e. The zero-order chi connectivity index (χ0) is 13.7. The number of hydrogen-bond donors (Lipinski definition) is 1. The van der Waals surface area contributed by atoms with Crippen molar-refractivity contribution >= 4 is 23.2 Å². The predicted octanol–water partition coefficient (Wildman–Crippen LogP) is 3.95. The van der Waals surface area contributed by atoms with Crippen molar-refractivity contribution in [3.8, 4) is 11.4 Å². The molecule has 0 aliphatic carbocycles. The Labute approximate surface area is 123 Å². The van der Waals surface area contributed by atoms with Gasteiger partial charge in [0, 0.05) is 30.1 Å². The SMILES string of the molecule is CCCNCc1cnc(-c2ccc(Cl)c(Cl)c2)nc1. The van der Waals surface area contributed by atoms with E-state index in [9.17, 15) is 0 Å². The number of benzene rings is 1. The second kappa shape index (κ2) is 6.85. The summed E-state index contributed by atoms with van der Waals surface area (Å²) in [6.07, 6.45) is 4.77. The second-order valence-electron chi connectivity index (χ2n) is 4.22. The molecule has 0 radical (unpaired) electrons. The van der Waals surface area contributed by atoms with Crippen molar-refractivity contribution in [2.45, 2.75) is 19.9 Å². The number of hydrogen-bond acceptors (Lipinski definition) is 3. The molecular formula is C14H15Cl2N3. The van der Waals surface area contributed by atoms with Gasteiger partial charge in [0.2, 0.25) is 0 Å². The van der Waals surface area contributed by atoms with Crippen molar-refractivity contribution in [3.63, 3.8) is 0 Å². The molecule has 0 unspecified atom stereocenters. The Morgan fingerprint density at radius 1 is 1.11 bits per heavy atom. The molecule has 3 nitrogen and oxygen atoms in total. The van der Waals surface area contributed by atoms with Crippen molar-refractivity contribution in [3.05, 3.63) is 46.2 Å². The molecule has 100 valence electrons. The fraction of sp³-hybridized carbons (Fsp3) is 0.286. The van der Waals surface area contributed by atoms with Gasteiger partial charge in [-0.15, -0.1) is 0 Å². The van der Waals surface area contributed by atoms with Crippen molar-refractivity contribution in [1.82, 2.24) is 15.3 Å². The van der Waals surface area contributed by atoms with E-state index in [1.165, 1.54) is 0 Å². The van der Waals surface area contributed by atoms with Gasteiger partial charge in [0.05, 0.1) is 10.0 Å². The first-order chi connectivity index (χ1) is 9.20. The number of rotatable bonds is 5. The maximum Gasteiger partial charge on any atom is 0.159 e. The van der Waals surface area contributed by atoms with E-state index in [-0.39, 0.29) is 0 Å². The summed E-state index contributed by atoms with van der Waals surface area (Å²) < 4.78 is 0. The highest BCUT2D eigenvalue weighted by Gasteiger charge is 2.04. The van der Waals surface area contributed by atoms with Crippen LogP contribution in [0.15, 0.2) is 30.6 Å². The molecule has 19 heavy (non-hydrogen) atoms. The van der Waals surface area contributed by atoms with Gasteiger partial charge in [-0.25, -0.2) is 9.97 Å². The predicted molar refractivity (Wildman–Crippen MR) is 79.5 cm³/mol. The van der Waals surface area contributed by atoms with Crippen LogP contribution in [0.5, 0.6) is 0 Å². The van der Waals surface area contributed by atoms with Crippen molar-refractivity contribution < 1.29 is 0 Å². The summed E-state index contributed by atoms with van der Waals surface area (Å²) in [5.74, 6) is 0.651. The molecule has 0 aliphatic rings. The lowest BCUT2D eigenvalue weighted by Gasteiger charge is -2.05. The fourth-order valence-electron chi connectivity index (χ4n) is 1.64. The van der Waals surface area contributed by atoms with Gasteiger partial charge < -0.3 is 5.32 Å². The third kappa shape index (κ3) is 3.90. The zero-order valence-electron chi connectivity index (χ0n) is 10.7. The molecule has 0 bridgehead atoms. The molecule has 1 heterocycles. The van der Waals surface area contributed by atoms with Gasteiger partial charge in [0.25, 0.3) is 0 Å². The van der Waals surface area contributed by atoms with E-state index in [1.54, 1.807) is 12.1 Å². The topological polar surface area (TPSA) is 37.8 Å². The van der Waals surface area contributed by atoms with Crippen molar-refractivity contribution in [1.29, 1.82) is 0 Å². The van der Waals surface area contributed by atoms with E-state index < -0.39 is 0 Å². The number of nitrogens with one attached hydrogen (secondary N) is 1. The lowest BCUT2D eigenvalue weighted by Crippen LogP contribution is -2.14. The van der Waals surface area contributed by atoms with E-state index in [0.717, 1.165) is 30.6 Å². The summed E-state index contributed by atoms with van der Waals surface area (Å²) >= 11 is 11.9. The Bertz CT molecular complexity index is 541. The van der Waals surface area contributed by atoms with Crippen molar-refractivity contribution in [2.75, 3.05) is 6.54 Å². The first-order valence-electron chi connectivity index (χ1n) is 6.17. The van der Waals surface area contributed by atoms with Crippen LogP contribution >= 0.6 is 23.2 Å². The van der Waals surface area contributed by atoms with Gasteiger partial charge in [-0.05, 0) is 31.2 Å². The first-order valence-corrected chi connectivity index (χ1v) is 6.93. The molecule has 0 spiro atoms. The highest BCUT2D eigenvalue weighted by Crippen LogP contribution is 2.26. The molecule has 2 aromatic rings. The monoisotopic (exact) mass is 295 g/mol. The summed E-state index contributed by atoms with van der Waals surface area (Å²) in [5.41, 5.74) is 1.93. The first kappa shape index (κ1) is 14.3. The molecule has 0 saturated heterocycles. The summed E-state index contributed by atoms with van der Waals surface area (Å²) in [7, 11) is 0. The van der Waals surface area contributed by atoms with E-state index in [2.05, 4.69) is 22.2 Å². The maximum absolute atomic E-state index is 5.98. The maximum atomic E-state index is 5.98. The van der Waals surface area contributed by atoms with Crippen molar-refractivity contribution in [2.24, 2.45) is 0 Å². The molecule has 0 atom stereocenters. The molecule has 1 aromatic carbocycles. The Morgan fingerprint density at radius 3 is 2.47 bits per heavy atom. The van der Waals surface area contributed by atoms with Crippen LogP contribution in [0, 0.1) is 0 Å². The minimum Gasteiger partial charge on any atom is -0.313 e. The minimum absolute atomic E-state index is 0.511. The van der Waals surface area contributed by atoms with E-state index >= 15 is 0 Å². The Balaban J connectivity index is 2.11. The molecule has 2 rings (SSSR count). The van der Waals surface area contributed by atoms with Gasteiger partial charge in [-0.1, -0.05) is 30.1 Å². The van der Waals surface area contributed by atoms with Gasteiger partial charge >= 0.3 is 0 Å². The fourth-order valence-corrected chi connectivity index (χ4v) is 1.94. The molecule has 0 saturated carbocycles. The highest BCUT2D eigenvalue weighted by molar-refractivity contribution is 6.42. The van der Waals surface area contributed by atoms with Gasteiger partial charge in [-0.2, -0.15) is 0 Å².